The van der Waals surface area contributed by atoms with Crippen molar-refractivity contribution in [3.05, 3.63) is 0 Å². The number of rotatable bonds is 3. The van der Waals surface area contributed by atoms with Gasteiger partial charge < -0.3 is 20.3 Å². The van der Waals surface area contributed by atoms with Crippen LogP contribution in [0.25, 0.3) is 0 Å². The van der Waals surface area contributed by atoms with E-state index < -0.39 is 0 Å². The fraction of sp³-hybridized carbons (Fsp3) is 0.944. The second-order valence-corrected chi connectivity index (χ2v) is 8.04. The summed E-state index contributed by atoms with van der Waals surface area (Å²) in [7, 11) is 0. The van der Waals surface area contributed by atoms with Gasteiger partial charge in [0, 0.05) is 31.1 Å². The zero-order valence-electron chi connectivity index (χ0n) is 15.0. The maximum atomic E-state index is 12.3. The van der Waals surface area contributed by atoms with Crippen molar-refractivity contribution in [2.75, 3.05) is 32.8 Å². The topological polar surface area (TPSA) is 53.6 Å². The van der Waals surface area contributed by atoms with Gasteiger partial charge in [0.25, 0.3) is 0 Å². The highest BCUT2D eigenvalue weighted by atomic mass is 35.5. The highest BCUT2D eigenvalue weighted by molar-refractivity contribution is 5.85. The lowest BCUT2D eigenvalue weighted by Crippen LogP contribution is -2.50. The minimum atomic E-state index is 0. The molecule has 0 aromatic rings. The normalized spacial score (nSPS) is 29.6. The number of hydrogen-bond donors (Lipinski definition) is 2. The molecule has 1 aliphatic carbocycles. The standard InChI is InChI=1S/C18H31N3O2.2ClH/c22-17(14-2-1-3-14)21-10-4-15(5-11-21)20-16-12-18(23-13-16)6-8-19-9-7-18;;/h14-16,19-20H,1-13H2;2*1H. The van der Waals surface area contributed by atoms with Crippen LogP contribution in [0.4, 0.5) is 0 Å². The van der Waals surface area contributed by atoms with Crippen LogP contribution >= 0.6 is 24.8 Å². The number of halogens is 2. The summed E-state index contributed by atoms with van der Waals surface area (Å²) in [6.07, 6.45) is 9.15. The van der Waals surface area contributed by atoms with Gasteiger partial charge in [-0.3, -0.25) is 4.79 Å². The SMILES string of the molecule is Cl.Cl.O=C(C1CCC1)N1CCC(NC2COC3(CCNCC3)C2)CC1. The van der Waals surface area contributed by atoms with E-state index in [-0.39, 0.29) is 30.4 Å². The smallest absolute Gasteiger partial charge is 0.225 e. The van der Waals surface area contributed by atoms with Crippen molar-refractivity contribution in [2.24, 2.45) is 5.92 Å². The molecule has 0 radical (unpaired) electrons. The molecule has 4 aliphatic rings. The first-order valence-corrected chi connectivity index (χ1v) is 9.64. The first-order valence-electron chi connectivity index (χ1n) is 9.64. The van der Waals surface area contributed by atoms with E-state index in [9.17, 15) is 4.79 Å². The fourth-order valence-electron chi connectivity index (χ4n) is 4.70. The Morgan fingerprint density at radius 1 is 1.04 bits per heavy atom. The second kappa shape index (κ2) is 9.23. The Kier molecular flexibility index (Phi) is 7.84. The first-order chi connectivity index (χ1) is 11.2. The van der Waals surface area contributed by atoms with E-state index in [0.717, 1.165) is 77.7 Å². The van der Waals surface area contributed by atoms with E-state index in [2.05, 4.69) is 15.5 Å². The van der Waals surface area contributed by atoms with Crippen LogP contribution < -0.4 is 10.6 Å². The molecule has 1 spiro atoms. The monoisotopic (exact) mass is 393 g/mol. The molecule has 3 heterocycles. The summed E-state index contributed by atoms with van der Waals surface area (Å²) in [4.78, 5) is 14.4. The Morgan fingerprint density at radius 2 is 1.72 bits per heavy atom. The van der Waals surface area contributed by atoms with E-state index in [4.69, 9.17) is 4.74 Å². The molecule has 1 amide bonds. The van der Waals surface area contributed by atoms with Gasteiger partial charge >= 0.3 is 0 Å². The van der Waals surface area contributed by atoms with E-state index >= 15 is 0 Å². The lowest BCUT2D eigenvalue weighted by molar-refractivity contribution is -0.139. The van der Waals surface area contributed by atoms with Crippen LogP contribution in [0.3, 0.4) is 0 Å². The number of nitrogens with one attached hydrogen (secondary N) is 2. The number of carbonyl (C=O) groups excluding carboxylic acids is 1. The molecule has 25 heavy (non-hydrogen) atoms. The largest absolute Gasteiger partial charge is 0.373 e. The summed E-state index contributed by atoms with van der Waals surface area (Å²) >= 11 is 0. The van der Waals surface area contributed by atoms with Gasteiger partial charge in [-0.1, -0.05) is 6.42 Å². The quantitative estimate of drug-likeness (QED) is 0.770. The molecule has 3 saturated heterocycles. The third kappa shape index (κ3) is 4.81. The van der Waals surface area contributed by atoms with Crippen molar-refractivity contribution in [1.29, 1.82) is 0 Å². The first kappa shape index (κ1) is 21.2. The molecule has 1 saturated carbocycles. The van der Waals surface area contributed by atoms with Crippen molar-refractivity contribution in [3.8, 4) is 0 Å². The van der Waals surface area contributed by atoms with Crippen molar-refractivity contribution in [1.82, 2.24) is 15.5 Å². The minimum absolute atomic E-state index is 0. The molecule has 1 atom stereocenters. The Morgan fingerprint density at radius 3 is 2.32 bits per heavy atom. The zero-order chi connectivity index (χ0) is 15.7. The number of piperidine rings is 2. The Bertz CT molecular complexity index is 434. The molecular weight excluding hydrogens is 361 g/mol. The van der Waals surface area contributed by atoms with Gasteiger partial charge in [0.05, 0.1) is 12.2 Å². The van der Waals surface area contributed by atoms with Crippen molar-refractivity contribution < 1.29 is 9.53 Å². The lowest BCUT2D eigenvalue weighted by Gasteiger charge is -2.37. The van der Waals surface area contributed by atoms with Crippen LogP contribution in [0.2, 0.25) is 0 Å². The molecule has 0 aromatic heterocycles. The molecule has 0 aromatic carbocycles. The van der Waals surface area contributed by atoms with Gasteiger partial charge in [0.1, 0.15) is 0 Å². The number of nitrogens with zero attached hydrogens (tertiary/aromatic N) is 1. The van der Waals surface area contributed by atoms with Crippen molar-refractivity contribution in [3.63, 3.8) is 0 Å². The highest BCUT2D eigenvalue weighted by Crippen LogP contribution is 2.34. The van der Waals surface area contributed by atoms with Gasteiger partial charge in [0.2, 0.25) is 5.91 Å². The third-order valence-electron chi connectivity index (χ3n) is 6.46. The van der Waals surface area contributed by atoms with Crippen LogP contribution in [0.15, 0.2) is 0 Å². The molecule has 146 valence electrons. The molecular formula is C18H33Cl2N3O2. The Hall–Kier alpha value is -0.0700. The molecule has 1 unspecified atom stereocenters. The van der Waals surface area contributed by atoms with Crippen LogP contribution in [0.5, 0.6) is 0 Å². The van der Waals surface area contributed by atoms with E-state index in [1.807, 2.05) is 0 Å². The predicted molar refractivity (Wildman–Crippen MR) is 104 cm³/mol. The average Bonchev–Trinajstić information content (AvgIpc) is 2.89. The summed E-state index contributed by atoms with van der Waals surface area (Å²) in [6.45, 7) is 4.93. The molecule has 3 aliphatic heterocycles. The van der Waals surface area contributed by atoms with E-state index in [0.29, 0.717) is 23.9 Å². The van der Waals surface area contributed by atoms with Crippen LogP contribution in [0.1, 0.15) is 51.4 Å². The van der Waals surface area contributed by atoms with Crippen molar-refractivity contribution in [2.45, 2.75) is 69.1 Å². The van der Waals surface area contributed by atoms with Gasteiger partial charge in [-0.15, -0.1) is 24.8 Å². The van der Waals surface area contributed by atoms with Gasteiger partial charge in [-0.2, -0.15) is 0 Å². The minimum Gasteiger partial charge on any atom is -0.373 e. The third-order valence-corrected chi connectivity index (χ3v) is 6.46. The van der Waals surface area contributed by atoms with Crippen LogP contribution in [-0.2, 0) is 9.53 Å². The summed E-state index contributed by atoms with van der Waals surface area (Å²) in [5.74, 6) is 0.773. The molecule has 0 bridgehead atoms. The number of amides is 1. The molecule has 4 rings (SSSR count). The summed E-state index contributed by atoms with van der Waals surface area (Å²) in [5, 5.41) is 7.25. The number of likely N-dealkylation sites (tertiary alicyclic amines) is 1. The van der Waals surface area contributed by atoms with Crippen LogP contribution in [-0.4, -0.2) is 61.3 Å². The van der Waals surface area contributed by atoms with Crippen LogP contribution in [0, 0.1) is 5.92 Å². The maximum absolute atomic E-state index is 12.3. The summed E-state index contributed by atoms with van der Waals surface area (Å²) in [5.41, 5.74) is 0.143. The predicted octanol–water partition coefficient (Wildman–Crippen LogP) is 2.12. The molecule has 4 fully saturated rings. The number of carbonyl (C=O) groups is 1. The average molecular weight is 394 g/mol. The second-order valence-electron chi connectivity index (χ2n) is 8.04. The zero-order valence-corrected chi connectivity index (χ0v) is 16.6. The van der Waals surface area contributed by atoms with Gasteiger partial charge in [0.15, 0.2) is 0 Å². The Labute approximate surface area is 163 Å². The summed E-state index contributed by atoms with van der Waals surface area (Å²) in [6, 6.07) is 1.07. The molecule has 7 heteroatoms. The van der Waals surface area contributed by atoms with Gasteiger partial charge in [-0.25, -0.2) is 0 Å². The number of ether oxygens (including phenoxy) is 1. The highest BCUT2D eigenvalue weighted by Gasteiger charge is 2.42. The van der Waals surface area contributed by atoms with Gasteiger partial charge in [-0.05, 0) is 58.0 Å². The van der Waals surface area contributed by atoms with Crippen molar-refractivity contribution >= 4 is 30.7 Å². The fourth-order valence-corrected chi connectivity index (χ4v) is 4.70. The van der Waals surface area contributed by atoms with E-state index in [1.54, 1.807) is 0 Å². The lowest BCUT2D eigenvalue weighted by atomic mass is 9.84. The molecule has 5 nitrogen and oxygen atoms in total. The molecule has 2 N–H and O–H groups in total. The Balaban J connectivity index is 0.00000113. The maximum Gasteiger partial charge on any atom is 0.225 e. The number of hydrogen-bond acceptors (Lipinski definition) is 4. The summed E-state index contributed by atoms with van der Waals surface area (Å²) < 4.78 is 6.18. The van der Waals surface area contributed by atoms with E-state index in [1.165, 1.54) is 6.42 Å².